The molecule has 0 fully saturated rings. The van der Waals surface area contributed by atoms with Crippen LogP contribution in [0.2, 0.25) is 0 Å². The predicted molar refractivity (Wildman–Crippen MR) is 66.4 cm³/mol. The summed E-state index contributed by atoms with van der Waals surface area (Å²) in [6.45, 7) is 5.25. The molecule has 2 atom stereocenters. The fourth-order valence-corrected chi connectivity index (χ4v) is 1.88. The van der Waals surface area contributed by atoms with Gasteiger partial charge in [-0.2, -0.15) is 11.8 Å². The molecule has 0 aliphatic heterocycles. The lowest BCUT2D eigenvalue weighted by molar-refractivity contribution is 0.263. The normalized spacial score (nSPS) is 15.8. The van der Waals surface area contributed by atoms with Gasteiger partial charge in [0.15, 0.2) is 0 Å². The van der Waals surface area contributed by atoms with Crippen molar-refractivity contribution in [3.8, 4) is 0 Å². The fourth-order valence-electron chi connectivity index (χ4n) is 1.07. The molecule has 0 aromatic heterocycles. The Hall–Kier alpha value is 0.200. The summed E-state index contributed by atoms with van der Waals surface area (Å²) in [7, 11) is 2.12. The minimum atomic E-state index is 0.310. The molecule has 0 aromatic carbocycles. The van der Waals surface area contributed by atoms with E-state index in [4.69, 9.17) is 18.0 Å². The van der Waals surface area contributed by atoms with Crippen molar-refractivity contribution >= 4 is 29.0 Å². The number of nitrogens with zero attached hydrogens (tertiary/aromatic N) is 1. The van der Waals surface area contributed by atoms with Crippen LogP contribution in [0.15, 0.2) is 0 Å². The molecule has 0 radical (unpaired) electrons. The van der Waals surface area contributed by atoms with Crippen LogP contribution in [-0.2, 0) is 0 Å². The Morgan fingerprint density at radius 2 is 2.08 bits per heavy atom. The predicted octanol–water partition coefficient (Wildman–Crippen LogP) is 1.59. The van der Waals surface area contributed by atoms with Crippen molar-refractivity contribution in [3.05, 3.63) is 0 Å². The van der Waals surface area contributed by atoms with E-state index in [2.05, 4.69) is 32.1 Å². The Bertz CT molecular complexity index is 162. The number of hydrogen-bond donors (Lipinski definition) is 1. The van der Waals surface area contributed by atoms with Crippen LogP contribution >= 0.6 is 24.0 Å². The van der Waals surface area contributed by atoms with Crippen LogP contribution in [0.4, 0.5) is 0 Å². The highest BCUT2D eigenvalue weighted by atomic mass is 32.2. The van der Waals surface area contributed by atoms with E-state index >= 15 is 0 Å². The van der Waals surface area contributed by atoms with Gasteiger partial charge in [-0.1, -0.05) is 19.1 Å². The lowest BCUT2D eigenvalue weighted by atomic mass is 10.1. The summed E-state index contributed by atoms with van der Waals surface area (Å²) in [5.41, 5.74) is 5.56. The van der Waals surface area contributed by atoms with Crippen LogP contribution in [0.25, 0.3) is 0 Å². The van der Waals surface area contributed by atoms with Crippen molar-refractivity contribution in [1.29, 1.82) is 0 Å². The third-order valence-electron chi connectivity index (χ3n) is 2.21. The number of rotatable bonds is 6. The number of hydrogen-bond acceptors (Lipinski definition) is 3. The number of nitrogens with two attached hydrogens (primary N) is 1. The van der Waals surface area contributed by atoms with Crippen molar-refractivity contribution in [2.75, 3.05) is 25.6 Å². The van der Waals surface area contributed by atoms with Gasteiger partial charge in [0.05, 0.1) is 4.99 Å². The minimum Gasteiger partial charge on any atom is -0.393 e. The molecule has 0 aliphatic carbocycles. The molecule has 78 valence electrons. The van der Waals surface area contributed by atoms with Crippen molar-refractivity contribution in [2.45, 2.75) is 19.9 Å². The Balaban J connectivity index is 3.84. The Labute approximate surface area is 91.2 Å². The summed E-state index contributed by atoms with van der Waals surface area (Å²) in [5, 5.41) is 0. The minimum absolute atomic E-state index is 0.310. The second-order valence-corrected chi connectivity index (χ2v) is 4.93. The molecular formula is C9H20N2S2. The van der Waals surface area contributed by atoms with Crippen LogP contribution in [-0.4, -0.2) is 41.5 Å². The van der Waals surface area contributed by atoms with E-state index in [0.29, 0.717) is 16.9 Å². The largest absolute Gasteiger partial charge is 0.393 e. The Kier molecular flexibility index (Phi) is 6.73. The SMILES string of the molecule is CSCC(C)N(C)CC(C)C(N)=S. The van der Waals surface area contributed by atoms with Gasteiger partial charge < -0.3 is 10.6 Å². The molecule has 0 aromatic rings. The highest BCUT2D eigenvalue weighted by molar-refractivity contribution is 7.98. The fraction of sp³-hybridized carbons (Fsp3) is 0.889. The first kappa shape index (κ1) is 13.2. The third-order valence-corrected chi connectivity index (χ3v) is 3.43. The van der Waals surface area contributed by atoms with Crippen LogP contribution in [0.1, 0.15) is 13.8 Å². The van der Waals surface area contributed by atoms with Gasteiger partial charge in [0.2, 0.25) is 0 Å². The van der Waals surface area contributed by atoms with Gasteiger partial charge in [-0.05, 0) is 20.2 Å². The molecule has 0 saturated heterocycles. The van der Waals surface area contributed by atoms with E-state index in [9.17, 15) is 0 Å². The highest BCUT2D eigenvalue weighted by Crippen LogP contribution is 2.06. The summed E-state index contributed by atoms with van der Waals surface area (Å²) >= 11 is 6.80. The van der Waals surface area contributed by atoms with Gasteiger partial charge in [-0.25, -0.2) is 0 Å². The van der Waals surface area contributed by atoms with Crippen LogP contribution in [0, 0.1) is 5.92 Å². The van der Waals surface area contributed by atoms with Crippen LogP contribution in [0.5, 0.6) is 0 Å². The van der Waals surface area contributed by atoms with E-state index in [-0.39, 0.29) is 0 Å². The van der Waals surface area contributed by atoms with Gasteiger partial charge in [0.1, 0.15) is 0 Å². The molecular weight excluding hydrogens is 200 g/mol. The summed E-state index contributed by atoms with van der Waals surface area (Å²) in [6, 6.07) is 0.590. The summed E-state index contributed by atoms with van der Waals surface area (Å²) in [5.74, 6) is 1.46. The molecule has 0 aliphatic rings. The molecule has 0 saturated carbocycles. The van der Waals surface area contributed by atoms with E-state index in [1.807, 2.05) is 11.8 Å². The first-order chi connectivity index (χ1) is 5.99. The summed E-state index contributed by atoms with van der Waals surface area (Å²) in [4.78, 5) is 2.92. The second-order valence-electron chi connectivity index (χ2n) is 3.55. The van der Waals surface area contributed by atoms with Gasteiger partial charge in [0.25, 0.3) is 0 Å². The third kappa shape index (κ3) is 5.49. The highest BCUT2D eigenvalue weighted by Gasteiger charge is 2.13. The van der Waals surface area contributed by atoms with Crippen LogP contribution < -0.4 is 5.73 Å². The van der Waals surface area contributed by atoms with E-state index in [1.54, 1.807) is 0 Å². The van der Waals surface area contributed by atoms with Crippen molar-refractivity contribution in [2.24, 2.45) is 11.7 Å². The zero-order chi connectivity index (χ0) is 10.4. The zero-order valence-electron chi connectivity index (χ0n) is 8.91. The maximum Gasteiger partial charge on any atom is 0.0768 e. The van der Waals surface area contributed by atoms with Gasteiger partial charge in [-0.15, -0.1) is 0 Å². The zero-order valence-corrected chi connectivity index (χ0v) is 10.5. The molecule has 0 amide bonds. The maximum absolute atomic E-state index is 5.56. The average molecular weight is 220 g/mol. The topological polar surface area (TPSA) is 29.3 Å². The van der Waals surface area contributed by atoms with Crippen molar-refractivity contribution in [3.63, 3.8) is 0 Å². The first-order valence-corrected chi connectivity index (χ1v) is 6.27. The van der Waals surface area contributed by atoms with Gasteiger partial charge >= 0.3 is 0 Å². The lowest BCUT2D eigenvalue weighted by Gasteiger charge is -2.26. The van der Waals surface area contributed by atoms with E-state index < -0.39 is 0 Å². The van der Waals surface area contributed by atoms with E-state index in [1.165, 1.54) is 0 Å². The molecule has 4 heteroatoms. The Morgan fingerprint density at radius 3 is 2.46 bits per heavy atom. The summed E-state index contributed by atoms with van der Waals surface area (Å²) < 4.78 is 0. The van der Waals surface area contributed by atoms with Crippen LogP contribution in [0.3, 0.4) is 0 Å². The van der Waals surface area contributed by atoms with Gasteiger partial charge in [0, 0.05) is 24.3 Å². The molecule has 0 heterocycles. The lowest BCUT2D eigenvalue weighted by Crippen LogP contribution is -2.37. The molecule has 0 rings (SSSR count). The molecule has 2 N–H and O–H groups in total. The average Bonchev–Trinajstić information content (AvgIpc) is 2.04. The number of thioether (sulfide) groups is 1. The maximum atomic E-state index is 5.56. The first-order valence-electron chi connectivity index (χ1n) is 4.47. The Morgan fingerprint density at radius 1 is 1.54 bits per heavy atom. The van der Waals surface area contributed by atoms with Crippen molar-refractivity contribution < 1.29 is 0 Å². The molecule has 2 unspecified atom stereocenters. The monoisotopic (exact) mass is 220 g/mol. The summed E-state index contributed by atoms with van der Waals surface area (Å²) in [6.07, 6.45) is 2.13. The molecule has 13 heavy (non-hydrogen) atoms. The quantitative estimate of drug-likeness (QED) is 0.688. The standard InChI is InChI=1S/C9H20N2S2/c1-7(9(10)12)5-11(3)8(2)6-13-4/h7-8H,5-6H2,1-4H3,(H2,10,12). The van der Waals surface area contributed by atoms with Crippen molar-refractivity contribution in [1.82, 2.24) is 4.90 Å². The molecule has 0 bridgehead atoms. The van der Waals surface area contributed by atoms with E-state index in [0.717, 1.165) is 12.3 Å². The number of thiocarbonyl (C=S) groups is 1. The molecule has 2 nitrogen and oxygen atoms in total. The molecule has 0 spiro atoms. The van der Waals surface area contributed by atoms with Gasteiger partial charge in [-0.3, -0.25) is 0 Å². The smallest absolute Gasteiger partial charge is 0.0768 e. The second kappa shape index (κ2) is 6.62.